The van der Waals surface area contributed by atoms with Crippen molar-refractivity contribution in [2.24, 2.45) is 10.1 Å². The minimum Gasteiger partial charge on any atom is -0.490 e. The van der Waals surface area contributed by atoms with Crippen LogP contribution in [-0.2, 0) is 11.2 Å². The van der Waals surface area contributed by atoms with Crippen molar-refractivity contribution < 1.29 is 23.7 Å². The number of rotatable bonds is 13. The predicted octanol–water partition coefficient (Wildman–Crippen LogP) is 5.97. The van der Waals surface area contributed by atoms with E-state index in [-0.39, 0.29) is 18.0 Å². The van der Waals surface area contributed by atoms with Crippen molar-refractivity contribution in [1.82, 2.24) is 5.01 Å². The number of fused-ring (bicyclic) bond motifs is 1. The summed E-state index contributed by atoms with van der Waals surface area (Å²) in [5.41, 5.74) is 1.85. The molecule has 0 atom stereocenters. The monoisotopic (exact) mass is 582 g/mol. The molecule has 0 fully saturated rings. The number of amides is 1. The van der Waals surface area contributed by atoms with E-state index in [4.69, 9.17) is 24.4 Å². The molecule has 2 heterocycles. The third-order valence-electron chi connectivity index (χ3n) is 6.12. The number of amidine groups is 2. The average molecular weight is 583 g/mol. The Morgan fingerprint density at radius 1 is 0.929 bits per heavy atom. The quantitative estimate of drug-likeness (QED) is 0.150. The van der Waals surface area contributed by atoms with Gasteiger partial charge in [-0.25, -0.2) is 0 Å². The van der Waals surface area contributed by atoms with Crippen molar-refractivity contribution in [3.63, 3.8) is 0 Å². The van der Waals surface area contributed by atoms with Gasteiger partial charge in [-0.3, -0.25) is 10.2 Å². The van der Waals surface area contributed by atoms with Crippen LogP contribution in [0.1, 0.15) is 18.1 Å². The number of thioether (sulfide) groups is 1. The minimum atomic E-state index is -0.508. The van der Waals surface area contributed by atoms with E-state index in [0.29, 0.717) is 52.8 Å². The Labute approximate surface area is 248 Å². The molecule has 5 rings (SSSR count). The number of aliphatic imine (C=N–C) groups is 1. The van der Waals surface area contributed by atoms with Crippen molar-refractivity contribution in [2.75, 3.05) is 26.4 Å². The summed E-state index contributed by atoms with van der Waals surface area (Å²) in [5, 5.41) is 15.4. The maximum Gasteiger partial charge on any atom is 0.283 e. The molecule has 0 saturated carbocycles. The van der Waals surface area contributed by atoms with Crippen molar-refractivity contribution >= 4 is 39.8 Å². The minimum absolute atomic E-state index is 0.0561. The van der Waals surface area contributed by atoms with Crippen LogP contribution in [0.15, 0.2) is 101 Å². The van der Waals surface area contributed by atoms with E-state index in [0.717, 1.165) is 17.7 Å². The Kier molecular flexibility index (Phi) is 9.35. The zero-order valence-corrected chi connectivity index (χ0v) is 23.9. The van der Waals surface area contributed by atoms with Gasteiger partial charge < -0.3 is 18.9 Å². The van der Waals surface area contributed by atoms with E-state index in [1.165, 1.54) is 16.8 Å². The lowest BCUT2D eigenvalue weighted by Crippen LogP contribution is -2.35. The van der Waals surface area contributed by atoms with Gasteiger partial charge in [-0.1, -0.05) is 48.5 Å². The molecule has 1 amide bonds. The number of benzene rings is 3. The predicted molar refractivity (Wildman–Crippen MR) is 166 cm³/mol. The summed E-state index contributed by atoms with van der Waals surface area (Å²) in [7, 11) is 0. The van der Waals surface area contributed by atoms with Gasteiger partial charge in [0.15, 0.2) is 17.3 Å². The van der Waals surface area contributed by atoms with Crippen LogP contribution in [0.2, 0.25) is 0 Å². The molecule has 0 spiro atoms. The fraction of sp³-hybridized carbons (Fsp3) is 0.188. The summed E-state index contributed by atoms with van der Waals surface area (Å²) in [6.07, 6.45) is 4.17. The van der Waals surface area contributed by atoms with E-state index < -0.39 is 5.91 Å². The normalized spacial score (nSPS) is 15.2. The first-order valence-corrected chi connectivity index (χ1v) is 14.3. The zero-order valence-electron chi connectivity index (χ0n) is 23.1. The Morgan fingerprint density at radius 3 is 2.48 bits per heavy atom. The molecule has 0 saturated heterocycles. The molecule has 0 radical (unpaired) electrons. The van der Waals surface area contributed by atoms with E-state index in [9.17, 15) is 4.79 Å². The number of carbonyl (C=O) groups excluding carboxylic acids is 1. The maximum atomic E-state index is 12.9. The number of hydrogen-bond donors (Lipinski definition) is 1. The van der Waals surface area contributed by atoms with E-state index in [2.05, 4.69) is 16.7 Å². The number of allylic oxidation sites excluding steroid dienone is 1. The van der Waals surface area contributed by atoms with Crippen molar-refractivity contribution in [3.8, 4) is 23.0 Å². The van der Waals surface area contributed by atoms with Crippen LogP contribution in [0.25, 0.3) is 6.08 Å². The summed E-state index contributed by atoms with van der Waals surface area (Å²) >= 11 is 1.21. The van der Waals surface area contributed by atoms with Crippen LogP contribution >= 0.6 is 11.8 Å². The number of carbonyl (C=O) groups is 1. The van der Waals surface area contributed by atoms with Gasteiger partial charge in [-0.15, -0.1) is 6.58 Å². The lowest BCUT2D eigenvalue weighted by atomic mass is 10.1. The molecule has 42 heavy (non-hydrogen) atoms. The molecule has 2 aliphatic heterocycles. The van der Waals surface area contributed by atoms with Crippen LogP contribution < -0.4 is 18.9 Å². The van der Waals surface area contributed by atoms with Gasteiger partial charge in [0.25, 0.3) is 5.91 Å². The van der Waals surface area contributed by atoms with Gasteiger partial charge in [-0.05, 0) is 72.6 Å². The highest BCUT2D eigenvalue weighted by molar-refractivity contribution is 8.27. The third-order valence-corrected chi connectivity index (χ3v) is 7.00. The Bertz CT molecular complexity index is 1570. The van der Waals surface area contributed by atoms with Crippen molar-refractivity contribution in [1.29, 1.82) is 5.41 Å². The van der Waals surface area contributed by atoms with Crippen molar-refractivity contribution in [3.05, 3.63) is 102 Å². The van der Waals surface area contributed by atoms with Crippen LogP contribution in [0, 0.1) is 5.41 Å². The van der Waals surface area contributed by atoms with E-state index in [1.54, 1.807) is 24.3 Å². The molecule has 1 N–H and O–H groups in total. The Morgan fingerprint density at radius 2 is 1.69 bits per heavy atom. The Balaban J connectivity index is 1.24. The van der Waals surface area contributed by atoms with Crippen molar-refractivity contribution in [2.45, 2.75) is 13.3 Å². The maximum absolute atomic E-state index is 12.9. The van der Waals surface area contributed by atoms with Crippen LogP contribution in [-0.4, -0.2) is 53.4 Å². The molecular formula is C32H30N4O5S. The summed E-state index contributed by atoms with van der Waals surface area (Å²) < 4.78 is 23.4. The van der Waals surface area contributed by atoms with Gasteiger partial charge in [0, 0.05) is 0 Å². The third kappa shape index (κ3) is 6.90. The first-order chi connectivity index (χ1) is 20.6. The second-order valence-electron chi connectivity index (χ2n) is 9.05. The van der Waals surface area contributed by atoms with Crippen LogP contribution in [0.3, 0.4) is 0 Å². The second-order valence-corrected chi connectivity index (χ2v) is 10.1. The largest absolute Gasteiger partial charge is 0.490 e. The number of nitrogens with zero attached hydrogens (tertiary/aromatic N) is 3. The van der Waals surface area contributed by atoms with Crippen LogP contribution in [0.4, 0.5) is 0 Å². The topological polar surface area (TPSA) is 106 Å². The number of ether oxygens (including phenoxy) is 4. The SMILES string of the molecule is C=CCc1ccccc1OCCOc1ccc(/C=C2\C(=N)N3N=C(COc4ccccc4)SC3=NC2=O)cc1OCC. The highest BCUT2D eigenvalue weighted by Crippen LogP contribution is 2.32. The molecule has 0 aliphatic carbocycles. The molecule has 9 nitrogen and oxygen atoms in total. The number of hydrogen-bond acceptors (Lipinski definition) is 8. The number of hydrazone groups is 1. The second kappa shape index (κ2) is 13.7. The van der Waals surface area contributed by atoms with Crippen LogP contribution in [0.5, 0.6) is 23.0 Å². The first-order valence-electron chi connectivity index (χ1n) is 13.4. The van der Waals surface area contributed by atoms with Gasteiger partial charge in [0.1, 0.15) is 36.4 Å². The fourth-order valence-corrected chi connectivity index (χ4v) is 4.99. The van der Waals surface area contributed by atoms with Gasteiger partial charge in [0.2, 0.25) is 5.17 Å². The fourth-order valence-electron chi connectivity index (χ4n) is 4.19. The van der Waals surface area contributed by atoms with E-state index in [1.807, 2.05) is 67.6 Å². The molecular weight excluding hydrogens is 552 g/mol. The molecule has 3 aromatic rings. The summed E-state index contributed by atoms with van der Waals surface area (Å²) in [6.45, 7) is 6.97. The smallest absolute Gasteiger partial charge is 0.283 e. The van der Waals surface area contributed by atoms with Gasteiger partial charge in [0.05, 0.1) is 12.2 Å². The average Bonchev–Trinajstić information content (AvgIpc) is 3.42. The zero-order chi connectivity index (χ0) is 29.3. The lowest BCUT2D eigenvalue weighted by Gasteiger charge is -2.20. The molecule has 10 heteroatoms. The molecule has 2 aliphatic rings. The number of para-hydroxylation sites is 2. The molecule has 0 bridgehead atoms. The Hall–Kier alpha value is -4.83. The van der Waals surface area contributed by atoms with Gasteiger partial charge in [-0.2, -0.15) is 15.1 Å². The number of nitrogens with one attached hydrogen (secondary N) is 1. The molecule has 3 aromatic carbocycles. The summed E-state index contributed by atoms with van der Waals surface area (Å²) in [4.78, 5) is 17.0. The highest BCUT2D eigenvalue weighted by Gasteiger charge is 2.35. The van der Waals surface area contributed by atoms with Gasteiger partial charge >= 0.3 is 0 Å². The standard InChI is InChI=1S/C32H30N4O5S/c1-3-10-23-11-8-9-14-26(23)39-17-18-40-27-16-15-22(20-28(27)38-4-2)19-25-30(33)36-32(34-31(25)37)42-29(35-36)21-41-24-12-6-5-7-13-24/h3,5-9,11-16,19-20,33H,1,4,10,17-18,21H2,2H3/b25-19+,33-30?. The summed E-state index contributed by atoms with van der Waals surface area (Å²) in [6, 6.07) is 22.6. The molecule has 0 aromatic heterocycles. The molecule has 214 valence electrons. The first kappa shape index (κ1) is 28.7. The van der Waals surface area contributed by atoms with E-state index >= 15 is 0 Å². The lowest BCUT2D eigenvalue weighted by molar-refractivity contribution is -0.114. The highest BCUT2D eigenvalue weighted by atomic mass is 32.2. The summed E-state index contributed by atoms with van der Waals surface area (Å²) in [5.74, 6) is 2.02. The molecule has 0 unspecified atom stereocenters.